The zero-order chi connectivity index (χ0) is 19.9. The molecule has 0 radical (unpaired) electrons. The van der Waals surface area contributed by atoms with Gasteiger partial charge in [-0.05, 0) is 50.1 Å². The topological polar surface area (TPSA) is 81.9 Å². The highest BCUT2D eigenvalue weighted by atomic mass is 32.2. The van der Waals surface area contributed by atoms with Gasteiger partial charge in [0.25, 0.3) is 5.56 Å². The fourth-order valence-electron chi connectivity index (χ4n) is 2.99. The molecule has 0 aliphatic heterocycles. The van der Waals surface area contributed by atoms with Crippen LogP contribution in [0.3, 0.4) is 0 Å². The van der Waals surface area contributed by atoms with E-state index in [2.05, 4.69) is 9.97 Å². The molecule has 0 unspecified atom stereocenters. The Balaban J connectivity index is 2.51. The summed E-state index contributed by atoms with van der Waals surface area (Å²) in [4.78, 5) is 20.9. The van der Waals surface area contributed by atoms with E-state index in [1.807, 2.05) is 13.8 Å². The summed E-state index contributed by atoms with van der Waals surface area (Å²) in [5.74, 6) is -0.394. The van der Waals surface area contributed by atoms with Gasteiger partial charge in [0.05, 0.1) is 5.69 Å². The number of hydrogen-bond acceptors (Lipinski definition) is 5. The summed E-state index contributed by atoms with van der Waals surface area (Å²) in [7, 11) is -3.72. The van der Waals surface area contributed by atoms with Crippen molar-refractivity contribution in [2.75, 3.05) is 6.26 Å². The zero-order valence-electron chi connectivity index (χ0n) is 15.5. The second kappa shape index (κ2) is 6.84. The highest BCUT2D eigenvalue weighted by Crippen LogP contribution is 2.30. The molecule has 27 heavy (non-hydrogen) atoms. The number of rotatable bonds is 4. The Morgan fingerprint density at radius 2 is 1.89 bits per heavy atom. The standard InChI is InChI=1S/C19H20FN3O3S/c1-5-12(3)23-16(24)9-8-15-17(14-7-6-13(20)10-11(14)2)21-19(22-18(15)23)27(4,25)26/h6-10,12H,5H2,1-4H3/t12-/m0/s1. The molecule has 8 heteroatoms. The summed E-state index contributed by atoms with van der Waals surface area (Å²) in [5.41, 5.74) is 1.54. The number of aryl methyl sites for hydroxylation is 1. The Bertz CT molecular complexity index is 1200. The van der Waals surface area contributed by atoms with Gasteiger partial charge in [-0.3, -0.25) is 9.36 Å². The van der Waals surface area contributed by atoms with Crippen molar-refractivity contribution in [1.29, 1.82) is 0 Å². The van der Waals surface area contributed by atoms with E-state index in [0.717, 1.165) is 6.26 Å². The van der Waals surface area contributed by atoms with E-state index in [4.69, 9.17) is 0 Å². The van der Waals surface area contributed by atoms with Gasteiger partial charge < -0.3 is 0 Å². The van der Waals surface area contributed by atoms with Crippen molar-refractivity contribution in [1.82, 2.24) is 14.5 Å². The highest BCUT2D eigenvalue weighted by molar-refractivity contribution is 7.90. The third-order valence-electron chi connectivity index (χ3n) is 4.57. The lowest BCUT2D eigenvalue weighted by atomic mass is 10.0. The molecule has 2 heterocycles. The van der Waals surface area contributed by atoms with E-state index >= 15 is 0 Å². The van der Waals surface area contributed by atoms with Crippen LogP contribution in [-0.2, 0) is 9.84 Å². The number of halogens is 1. The minimum atomic E-state index is -3.72. The second-order valence-electron chi connectivity index (χ2n) is 6.62. The van der Waals surface area contributed by atoms with Crippen molar-refractivity contribution in [2.24, 2.45) is 0 Å². The predicted octanol–water partition coefficient (Wildman–Crippen LogP) is 3.28. The van der Waals surface area contributed by atoms with Gasteiger partial charge in [-0.1, -0.05) is 6.92 Å². The summed E-state index contributed by atoms with van der Waals surface area (Å²) in [6.45, 7) is 5.52. The van der Waals surface area contributed by atoms with Crippen molar-refractivity contribution >= 4 is 20.9 Å². The van der Waals surface area contributed by atoms with Crippen molar-refractivity contribution in [2.45, 2.75) is 38.4 Å². The molecule has 2 aromatic heterocycles. The summed E-state index contributed by atoms with van der Waals surface area (Å²) < 4.78 is 39.3. The molecule has 0 aliphatic rings. The Morgan fingerprint density at radius 1 is 1.19 bits per heavy atom. The molecule has 0 bridgehead atoms. The largest absolute Gasteiger partial charge is 0.290 e. The van der Waals surface area contributed by atoms with Gasteiger partial charge in [-0.2, -0.15) is 4.98 Å². The Morgan fingerprint density at radius 3 is 2.48 bits per heavy atom. The van der Waals surface area contributed by atoms with Gasteiger partial charge in [-0.15, -0.1) is 0 Å². The molecular formula is C19H20FN3O3S. The van der Waals surface area contributed by atoms with Crippen LogP contribution in [0.25, 0.3) is 22.3 Å². The fraction of sp³-hybridized carbons (Fsp3) is 0.316. The Hall–Kier alpha value is -2.61. The van der Waals surface area contributed by atoms with Crippen LogP contribution in [0.4, 0.5) is 4.39 Å². The van der Waals surface area contributed by atoms with Crippen LogP contribution in [0, 0.1) is 12.7 Å². The first-order valence-electron chi connectivity index (χ1n) is 8.53. The zero-order valence-corrected chi connectivity index (χ0v) is 16.3. The molecule has 3 rings (SSSR count). The summed E-state index contributed by atoms with van der Waals surface area (Å²) in [5, 5.41) is 0.174. The van der Waals surface area contributed by atoms with E-state index in [-0.39, 0.29) is 22.4 Å². The predicted molar refractivity (Wildman–Crippen MR) is 102 cm³/mol. The van der Waals surface area contributed by atoms with E-state index in [9.17, 15) is 17.6 Å². The molecule has 142 valence electrons. The minimum Gasteiger partial charge on any atom is -0.290 e. The van der Waals surface area contributed by atoms with E-state index in [1.165, 1.54) is 22.8 Å². The molecular weight excluding hydrogens is 369 g/mol. The van der Waals surface area contributed by atoms with Crippen LogP contribution in [0.1, 0.15) is 31.9 Å². The average molecular weight is 389 g/mol. The number of nitrogens with zero attached hydrogens (tertiary/aromatic N) is 3. The molecule has 1 atom stereocenters. The van der Waals surface area contributed by atoms with Crippen LogP contribution in [0.2, 0.25) is 0 Å². The van der Waals surface area contributed by atoms with Crippen molar-refractivity contribution in [3.05, 3.63) is 52.1 Å². The number of benzene rings is 1. The van der Waals surface area contributed by atoms with Gasteiger partial charge in [0, 0.05) is 29.3 Å². The maximum Gasteiger partial charge on any atom is 0.252 e. The summed E-state index contributed by atoms with van der Waals surface area (Å²) >= 11 is 0. The quantitative estimate of drug-likeness (QED) is 0.640. The Kier molecular flexibility index (Phi) is 4.86. The first-order valence-corrected chi connectivity index (χ1v) is 10.4. The number of pyridine rings is 1. The monoisotopic (exact) mass is 389 g/mol. The molecule has 0 amide bonds. The molecule has 6 nitrogen and oxygen atoms in total. The van der Waals surface area contributed by atoms with E-state index < -0.39 is 15.7 Å². The fourth-order valence-corrected chi connectivity index (χ4v) is 3.50. The Labute approximate surface area is 156 Å². The average Bonchev–Trinajstić information content (AvgIpc) is 2.59. The van der Waals surface area contributed by atoms with Crippen LogP contribution >= 0.6 is 0 Å². The van der Waals surface area contributed by atoms with Gasteiger partial charge in [-0.25, -0.2) is 17.8 Å². The van der Waals surface area contributed by atoms with Crippen molar-refractivity contribution in [3.63, 3.8) is 0 Å². The van der Waals surface area contributed by atoms with Crippen LogP contribution in [0.5, 0.6) is 0 Å². The molecule has 0 saturated heterocycles. The highest BCUT2D eigenvalue weighted by Gasteiger charge is 2.21. The van der Waals surface area contributed by atoms with Gasteiger partial charge >= 0.3 is 0 Å². The number of fused-ring (bicyclic) bond motifs is 1. The molecule has 0 spiro atoms. The molecule has 0 N–H and O–H groups in total. The van der Waals surface area contributed by atoms with Gasteiger partial charge in [0.1, 0.15) is 11.5 Å². The normalized spacial score (nSPS) is 13.1. The van der Waals surface area contributed by atoms with Crippen LogP contribution in [-0.4, -0.2) is 29.2 Å². The lowest BCUT2D eigenvalue weighted by Gasteiger charge is -2.17. The van der Waals surface area contributed by atoms with Crippen LogP contribution < -0.4 is 5.56 Å². The second-order valence-corrected chi connectivity index (χ2v) is 8.53. The number of hydrogen-bond donors (Lipinski definition) is 0. The SMILES string of the molecule is CC[C@H](C)n1c(=O)ccc2c(-c3ccc(F)cc3C)nc(S(C)(=O)=O)nc21. The lowest BCUT2D eigenvalue weighted by Crippen LogP contribution is -2.24. The first-order chi connectivity index (χ1) is 12.6. The van der Waals surface area contributed by atoms with Crippen molar-refractivity contribution in [3.8, 4) is 11.3 Å². The maximum atomic E-state index is 13.5. The summed E-state index contributed by atoms with van der Waals surface area (Å²) in [6.07, 6.45) is 1.69. The third-order valence-corrected chi connectivity index (χ3v) is 5.42. The smallest absolute Gasteiger partial charge is 0.252 e. The number of sulfone groups is 1. The maximum absolute atomic E-state index is 13.5. The molecule has 0 fully saturated rings. The first kappa shape index (κ1) is 19.2. The lowest BCUT2D eigenvalue weighted by molar-refractivity contribution is 0.525. The molecule has 3 aromatic rings. The molecule has 0 aliphatic carbocycles. The number of aromatic nitrogens is 3. The van der Waals surface area contributed by atoms with Crippen molar-refractivity contribution < 1.29 is 12.8 Å². The third kappa shape index (κ3) is 3.49. The molecule has 0 saturated carbocycles. The van der Waals surface area contributed by atoms with E-state index in [0.29, 0.717) is 28.6 Å². The van der Waals surface area contributed by atoms with Gasteiger partial charge in [0.15, 0.2) is 0 Å². The van der Waals surface area contributed by atoms with Crippen LogP contribution in [0.15, 0.2) is 40.3 Å². The van der Waals surface area contributed by atoms with E-state index in [1.54, 1.807) is 19.1 Å². The summed E-state index contributed by atoms with van der Waals surface area (Å²) in [6, 6.07) is 7.03. The molecule has 1 aromatic carbocycles. The van der Waals surface area contributed by atoms with Gasteiger partial charge in [0.2, 0.25) is 15.0 Å². The minimum absolute atomic E-state index is 0.175.